The third-order valence-corrected chi connectivity index (χ3v) is 3.18. The predicted molar refractivity (Wildman–Crippen MR) is 72.3 cm³/mol. The van der Waals surface area contributed by atoms with E-state index in [1.807, 2.05) is 30.3 Å². The maximum atomic E-state index is 12.0. The molecule has 5 nitrogen and oxygen atoms in total. The Labute approximate surface area is 111 Å². The summed E-state index contributed by atoms with van der Waals surface area (Å²) in [6.07, 6.45) is 1.97. The summed E-state index contributed by atoms with van der Waals surface area (Å²) in [4.78, 5) is 15.6. The molecule has 1 atom stereocenters. The van der Waals surface area contributed by atoms with Crippen LogP contribution < -0.4 is 0 Å². The van der Waals surface area contributed by atoms with Crippen LogP contribution in [0.25, 0.3) is 0 Å². The molecule has 0 saturated heterocycles. The topological polar surface area (TPSA) is 64.7 Å². The van der Waals surface area contributed by atoms with E-state index in [9.17, 15) is 10.0 Å². The van der Waals surface area contributed by atoms with Crippen molar-refractivity contribution in [1.82, 2.24) is 0 Å². The molecule has 2 rings (SSSR count). The number of rotatable bonds is 4. The Morgan fingerprint density at radius 1 is 1.42 bits per heavy atom. The van der Waals surface area contributed by atoms with Crippen LogP contribution in [-0.4, -0.2) is 35.4 Å². The molecule has 0 spiro atoms. The van der Waals surface area contributed by atoms with E-state index in [4.69, 9.17) is 0 Å². The van der Waals surface area contributed by atoms with Gasteiger partial charge in [-0.05, 0) is 0 Å². The smallest absolute Gasteiger partial charge is 0.305 e. The van der Waals surface area contributed by atoms with Crippen LogP contribution >= 0.6 is 0 Å². The molecule has 19 heavy (non-hydrogen) atoms. The molecule has 0 radical (unpaired) electrons. The normalized spacial score (nSPS) is 21.8. The number of aliphatic imine (C=N–C) groups is 1. The lowest BCUT2D eigenvalue weighted by molar-refractivity contribution is -0.535. The number of carbonyl (C=O) groups excluding carboxylic acids is 1. The highest BCUT2D eigenvalue weighted by Gasteiger charge is 2.38. The van der Waals surface area contributed by atoms with Crippen molar-refractivity contribution in [2.75, 3.05) is 7.11 Å². The van der Waals surface area contributed by atoms with Gasteiger partial charge in [0.25, 0.3) is 5.66 Å². The molecule has 5 heteroatoms. The average Bonchev–Trinajstić information content (AvgIpc) is 2.74. The van der Waals surface area contributed by atoms with Crippen molar-refractivity contribution in [3.05, 3.63) is 41.1 Å². The van der Waals surface area contributed by atoms with Gasteiger partial charge < -0.3 is 9.94 Å². The second kappa shape index (κ2) is 5.22. The van der Waals surface area contributed by atoms with Gasteiger partial charge >= 0.3 is 5.97 Å². The van der Waals surface area contributed by atoms with Gasteiger partial charge in [0.05, 0.1) is 13.5 Å². The zero-order chi connectivity index (χ0) is 13.9. The fourth-order valence-corrected chi connectivity index (χ4v) is 1.94. The van der Waals surface area contributed by atoms with E-state index < -0.39 is 5.66 Å². The summed E-state index contributed by atoms with van der Waals surface area (Å²) in [7, 11) is 1.33. The molecular formula is C14H16N2O3. The standard InChI is InChI=1S/C14H16N2O3/c1-14(9-8-13(17)19-2)15-12(10-16(14)18)11-6-4-3-5-7-11/h3-7,10H,8-9H2,1-2H3. The summed E-state index contributed by atoms with van der Waals surface area (Å²) in [6.45, 7) is 1.72. The third-order valence-electron chi connectivity index (χ3n) is 3.18. The molecule has 0 saturated carbocycles. The second-order valence-corrected chi connectivity index (χ2v) is 4.61. The van der Waals surface area contributed by atoms with Crippen molar-refractivity contribution < 1.29 is 14.3 Å². The fourth-order valence-electron chi connectivity index (χ4n) is 1.94. The van der Waals surface area contributed by atoms with E-state index in [1.165, 1.54) is 13.3 Å². The molecular weight excluding hydrogens is 244 g/mol. The van der Waals surface area contributed by atoms with Crippen molar-refractivity contribution in [1.29, 1.82) is 0 Å². The van der Waals surface area contributed by atoms with Gasteiger partial charge in [0, 0.05) is 18.9 Å². The van der Waals surface area contributed by atoms with Gasteiger partial charge in [-0.3, -0.25) is 4.79 Å². The lowest BCUT2D eigenvalue weighted by atomic mass is 10.1. The van der Waals surface area contributed by atoms with Crippen molar-refractivity contribution in [3.63, 3.8) is 0 Å². The molecule has 1 aliphatic heterocycles. The number of hydrogen-bond donors (Lipinski definition) is 0. The SMILES string of the molecule is COC(=O)CCC1(C)N=C(c2ccccc2)C=[N+]1[O-]. The first kappa shape index (κ1) is 13.3. The summed E-state index contributed by atoms with van der Waals surface area (Å²) >= 11 is 0. The average molecular weight is 260 g/mol. The molecule has 1 aliphatic rings. The largest absolute Gasteiger partial charge is 0.622 e. The van der Waals surface area contributed by atoms with Gasteiger partial charge in [0.15, 0.2) is 0 Å². The zero-order valence-electron chi connectivity index (χ0n) is 11.0. The molecule has 0 N–H and O–H groups in total. The lowest BCUT2D eigenvalue weighted by Gasteiger charge is -2.19. The Bertz CT molecular complexity index is 537. The van der Waals surface area contributed by atoms with Crippen LogP contribution in [-0.2, 0) is 9.53 Å². The number of benzene rings is 1. The van der Waals surface area contributed by atoms with Crippen LogP contribution in [0.3, 0.4) is 0 Å². The number of ether oxygens (including phenoxy) is 1. The van der Waals surface area contributed by atoms with Gasteiger partial charge in [-0.2, -0.15) is 4.74 Å². The van der Waals surface area contributed by atoms with Gasteiger partial charge in [0.1, 0.15) is 5.71 Å². The minimum absolute atomic E-state index is 0.172. The summed E-state index contributed by atoms with van der Waals surface area (Å²) in [5.41, 5.74) is 0.604. The Balaban J connectivity index is 2.18. The molecule has 0 aliphatic carbocycles. The number of carbonyl (C=O) groups is 1. The van der Waals surface area contributed by atoms with Crippen LogP contribution in [0.2, 0.25) is 0 Å². The van der Waals surface area contributed by atoms with Crippen molar-refractivity contribution in [2.24, 2.45) is 4.99 Å². The molecule has 1 aromatic rings. The maximum absolute atomic E-state index is 12.0. The Kier molecular flexibility index (Phi) is 3.64. The highest BCUT2D eigenvalue weighted by molar-refractivity contribution is 6.37. The first-order valence-corrected chi connectivity index (χ1v) is 6.08. The van der Waals surface area contributed by atoms with E-state index >= 15 is 0 Å². The molecule has 0 fully saturated rings. The van der Waals surface area contributed by atoms with E-state index in [0.717, 1.165) is 10.3 Å². The van der Waals surface area contributed by atoms with Crippen molar-refractivity contribution in [2.45, 2.75) is 25.4 Å². The molecule has 100 valence electrons. The van der Waals surface area contributed by atoms with E-state index in [1.54, 1.807) is 6.92 Å². The van der Waals surface area contributed by atoms with Crippen LogP contribution in [0.5, 0.6) is 0 Å². The number of esters is 1. The van der Waals surface area contributed by atoms with Crippen LogP contribution in [0, 0.1) is 5.21 Å². The van der Waals surface area contributed by atoms with E-state index in [2.05, 4.69) is 9.73 Å². The van der Waals surface area contributed by atoms with E-state index in [-0.39, 0.29) is 12.4 Å². The van der Waals surface area contributed by atoms with Gasteiger partial charge in [-0.1, -0.05) is 30.3 Å². The predicted octanol–water partition coefficient (Wildman–Crippen LogP) is 1.74. The maximum Gasteiger partial charge on any atom is 0.305 e. The van der Waals surface area contributed by atoms with E-state index in [0.29, 0.717) is 12.1 Å². The third kappa shape index (κ3) is 2.81. The quantitative estimate of drug-likeness (QED) is 0.470. The molecule has 0 amide bonds. The van der Waals surface area contributed by atoms with Gasteiger partial charge in [0.2, 0.25) is 6.21 Å². The minimum Gasteiger partial charge on any atom is -0.622 e. The zero-order valence-corrected chi connectivity index (χ0v) is 11.0. The fraction of sp³-hybridized carbons (Fsp3) is 0.357. The first-order valence-electron chi connectivity index (χ1n) is 6.08. The van der Waals surface area contributed by atoms with Crippen LogP contribution in [0.1, 0.15) is 25.3 Å². The summed E-state index contributed by atoms with van der Waals surface area (Å²) in [5, 5.41) is 12.0. The summed E-state index contributed by atoms with van der Waals surface area (Å²) in [6, 6.07) is 9.49. The Morgan fingerprint density at radius 3 is 2.74 bits per heavy atom. The number of nitrogens with zero attached hydrogens (tertiary/aromatic N) is 2. The lowest BCUT2D eigenvalue weighted by Crippen LogP contribution is -2.32. The Morgan fingerprint density at radius 2 is 2.11 bits per heavy atom. The minimum atomic E-state index is -0.931. The van der Waals surface area contributed by atoms with Crippen LogP contribution in [0.4, 0.5) is 0 Å². The highest BCUT2D eigenvalue weighted by Crippen LogP contribution is 2.24. The van der Waals surface area contributed by atoms with Crippen molar-refractivity contribution in [3.8, 4) is 0 Å². The summed E-state index contributed by atoms with van der Waals surface area (Å²) in [5.74, 6) is -0.335. The first-order chi connectivity index (χ1) is 9.05. The summed E-state index contributed by atoms with van der Waals surface area (Å²) < 4.78 is 5.39. The Hall–Kier alpha value is -2.17. The molecule has 1 heterocycles. The highest BCUT2D eigenvalue weighted by atomic mass is 16.5. The molecule has 1 unspecified atom stereocenters. The monoisotopic (exact) mass is 260 g/mol. The number of hydroxylamine groups is 1. The molecule has 0 bridgehead atoms. The number of methoxy groups -OCH3 is 1. The van der Waals surface area contributed by atoms with Crippen LogP contribution in [0.15, 0.2) is 35.3 Å². The van der Waals surface area contributed by atoms with Gasteiger partial charge in [-0.15, -0.1) is 0 Å². The number of hydrogen-bond acceptors (Lipinski definition) is 4. The van der Waals surface area contributed by atoms with Crippen molar-refractivity contribution >= 4 is 17.9 Å². The second-order valence-electron chi connectivity index (χ2n) is 4.61. The van der Waals surface area contributed by atoms with Gasteiger partial charge in [-0.25, -0.2) is 4.99 Å². The molecule has 0 aromatic heterocycles. The molecule has 1 aromatic carbocycles.